The molecule has 0 radical (unpaired) electrons. The van der Waals surface area contributed by atoms with Gasteiger partial charge in [-0.1, -0.05) is 46.3 Å². The number of rotatable bonds is 6. The summed E-state index contributed by atoms with van der Waals surface area (Å²) in [5.74, 6) is 4.50. The molecule has 0 bridgehead atoms. The molecule has 0 unspecified atom stereocenters. The molecule has 0 saturated heterocycles. The van der Waals surface area contributed by atoms with E-state index in [-0.39, 0.29) is 6.10 Å². The van der Waals surface area contributed by atoms with Gasteiger partial charge in [-0.25, -0.2) is 0 Å². The predicted octanol–water partition coefficient (Wildman–Crippen LogP) is 7.14. The van der Waals surface area contributed by atoms with Crippen molar-refractivity contribution in [1.29, 1.82) is 0 Å². The minimum absolute atomic E-state index is 0.140. The minimum atomic E-state index is -0.492. The van der Waals surface area contributed by atoms with E-state index in [1.165, 1.54) is 51.4 Å². The summed E-state index contributed by atoms with van der Waals surface area (Å²) in [5, 5.41) is 21.1. The number of aliphatic hydroxyl groups is 2. The number of hydrogen-bond acceptors (Lipinski definition) is 2. The molecule has 9 atom stereocenters. The first-order chi connectivity index (χ1) is 14.5. The number of allylic oxidation sites excluding steroid dienone is 1. The van der Waals surface area contributed by atoms with E-state index in [9.17, 15) is 10.2 Å². The second kappa shape index (κ2) is 8.46. The fourth-order valence-corrected chi connectivity index (χ4v) is 9.18. The summed E-state index contributed by atoms with van der Waals surface area (Å²) in [6.07, 6.45) is 15.9. The summed E-state index contributed by atoms with van der Waals surface area (Å²) >= 11 is 0. The second-order valence-electron chi connectivity index (χ2n) is 13.1. The maximum atomic E-state index is 10.7. The van der Waals surface area contributed by atoms with Gasteiger partial charge in [0, 0.05) is 0 Å². The Bertz CT molecular complexity index is 678. The summed E-state index contributed by atoms with van der Waals surface area (Å²) in [5.41, 5.74) is 1.95. The van der Waals surface area contributed by atoms with Gasteiger partial charge in [0.15, 0.2) is 0 Å². The minimum Gasteiger partial charge on any atom is -0.393 e. The Morgan fingerprint density at radius 1 is 1.00 bits per heavy atom. The molecular weight excluding hydrogens is 380 g/mol. The highest BCUT2D eigenvalue weighted by Crippen LogP contribution is 2.68. The summed E-state index contributed by atoms with van der Waals surface area (Å²) in [6, 6.07) is 0. The third kappa shape index (κ3) is 3.96. The lowest BCUT2D eigenvalue weighted by atomic mass is 9.45. The lowest BCUT2D eigenvalue weighted by Crippen LogP contribution is -2.52. The monoisotopic (exact) mass is 430 g/mol. The standard InChI is InChI=1S/C29H50O2/c1-7-29-15-14-24-22(10-9-21-18-27(5,31)16-17-28(21,24)6)25(29)12-11-23(29)20(4)8-13-26(30)19(2)3/h9,19-20,22-26,30-31H,7-8,10-18H2,1-6H3/t20-,22-,23-,24+,25+,26+,27+,28+,29-/m1/s1. The van der Waals surface area contributed by atoms with Crippen LogP contribution in [-0.2, 0) is 0 Å². The Balaban J connectivity index is 1.53. The van der Waals surface area contributed by atoms with Crippen molar-refractivity contribution in [2.45, 2.75) is 124 Å². The number of hydrogen-bond donors (Lipinski definition) is 2. The number of fused-ring (bicyclic) bond motifs is 5. The Morgan fingerprint density at radius 2 is 1.74 bits per heavy atom. The maximum absolute atomic E-state index is 10.7. The summed E-state index contributed by atoms with van der Waals surface area (Å²) in [4.78, 5) is 0. The summed E-state index contributed by atoms with van der Waals surface area (Å²) in [6.45, 7) is 13.9. The first-order valence-electron chi connectivity index (χ1n) is 13.6. The molecule has 2 N–H and O–H groups in total. The van der Waals surface area contributed by atoms with E-state index < -0.39 is 5.60 Å². The molecule has 4 rings (SSSR count). The number of aliphatic hydroxyl groups excluding tert-OH is 1. The average Bonchev–Trinajstić information content (AvgIpc) is 3.12. The fourth-order valence-electron chi connectivity index (χ4n) is 9.18. The van der Waals surface area contributed by atoms with E-state index in [1.807, 2.05) is 6.92 Å². The zero-order chi connectivity index (χ0) is 22.6. The molecule has 4 aliphatic carbocycles. The Hall–Kier alpha value is -0.340. The second-order valence-corrected chi connectivity index (χ2v) is 13.1. The third-order valence-corrected chi connectivity index (χ3v) is 11.2. The van der Waals surface area contributed by atoms with Gasteiger partial charge in [0.05, 0.1) is 11.7 Å². The quantitative estimate of drug-likeness (QED) is 0.440. The molecule has 0 aromatic carbocycles. The van der Waals surface area contributed by atoms with Crippen molar-refractivity contribution < 1.29 is 10.2 Å². The Kier molecular flexibility index (Phi) is 6.50. The van der Waals surface area contributed by atoms with Crippen molar-refractivity contribution in [2.75, 3.05) is 0 Å². The van der Waals surface area contributed by atoms with Crippen molar-refractivity contribution in [1.82, 2.24) is 0 Å². The van der Waals surface area contributed by atoms with Crippen LogP contribution in [0.2, 0.25) is 0 Å². The first-order valence-corrected chi connectivity index (χ1v) is 13.6. The molecule has 3 fully saturated rings. The van der Waals surface area contributed by atoms with Crippen LogP contribution in [-0.4, -0.2) is 21.9 Å². The van der Waals surface area contributed by atoms with Gasteiger partial charge in [0.1, 0.15) is 0 Å². The molecule has 2 nitrogen and oxygen atoms in total. The van der Waals surface area contributed by atoms with Crippen LogP contribution >= 0.6 is 0 Å². The zero-order valence-corrected chi connectivity index (χ0v) is 21.3. The SMILES string of the molecule is CC[C@]12CC[C@H]3[C@@H](CC=C4C[C@@](C)(O)CC[C@@]43C)[C@@H]1CC[C@@H]2[C@H](C)CC[C@H](O)C(C)C. The molecule has 31 heavy (non-hydrogen) atoms. The average molecular weight is 431 g/mol. The van der Waals surface area contributed by atoms with Crippen LogP contribution in [0.3, 0.4) is 0 Å². The largest absolute Gasteiger partial charge is 0.393 e. The molecular formula is C29H50O2. The molecule has 4 aliphatic rings. The van der Waals surface area contributed by atoms with Crippen LogP contribution in [0.4, 0.5) is 0 Å². The van der Waals surface area contributed by atoms with Gasteiger partial charge >= 0.3 is 0 Å². The van der Waals surface area contributed by atoms with Crippen LogP contribution in [0.5, 0.6) is 0 Å². The molecule has 2 heteroatoms. The normalized spacial score (nSPS) is 46.7. The van der Waals surface area contributed by atoms with Crippen molar-refractivity contribution in [3.05, 3.63) is 11.6 Å². The molecule has 0 heterocycles. The van der Waals surface area contributed by atoms with Gasteiger partial charge in [-0.3, -0.25) is 0 Å². The van der Waals surface area contributed by atoms with E-state index in [2.05, 4.69) is 40.7 Å². The van der Waals surface area contributed by atoms with E-state index >= 15 is 0 Å². The van der Waals surface area contributed by atoms with Gasteiger partial charge in [0.2, 0.25) is 0 Å². The van der Waals surface area contributed by atoms with E-state index in [4.69, 9.17) is 0 Å². The van der Waals surface area contributed by atoms with E-state index in [0.29, 0.717) is 16.7 Å². The predicted molar refractivity (Wildman–Crippen MR) is 130 cm³/mol. The lowest BCUT2D eigenvalue weighted by molar-refractivity contribution is -0.0794. The van der Waals surface area contributed by atoms with Crippen LogP contribution in [0.15, 0.2) is 11.6 Å². The smallest absolute Gasteiger partial charge is 0.0657 e. The molecule has 0 aromatic heterocycles. The van der Waals surface area contributed by atoms with Crippen molar-refractivity contribution in [3.63, 3.8) is 0 Å². The van der Waals surface area contributed by atoms with Crippen molar-refractivity contribution in [2.24, 2.45) is 46.3 Å². The van der Waals surface area contributed by atoms with E-state index in [1.54, 1.807) is 5.57 Å². The molecule has 178 valence electrons. The Labute approximate surface area is 192 Å². The molecule has 0 aliphatic heterocycles. The Morgan fingerprint density at radius 3 is 2.42 bits per heavy atom. The fraction of sp³-hybridized carbons (Fsp3) is 0.931. The van der Waals surface area contributed by atoms with Crippen LogP contribution in [0.25, 0.3) is 0 Å². The van der Waals surface area contributed by atoms with Gasteiger partial charge < -0.3 is 10.2 Å². The highest BCUT2D eigenvalue weighted by Gasteiger charge is 2.60. The lowest BCUT2D eigenvalue weighted by Gasteiger charge is -2.60. The van der Waals surface area contributed by atoms with E-state index in [0.717, 1.165) is 48.9 Å². The van der Waals surface area contributed by atoms with Gasteiger partial charge in [-0.05, 0) is 124 Å². The van der Waals surface area contributed by atoms with Crippen LogP contribution in [0, 0.1) is 46.3 Å². The van der Waals surface area contributed by atoms with Gasteiger partial charge in [-0.2, -0.15) is 0 Å². The third-order valence-electron chi connectivity index (χ3n) is 11.2. The first kappa shape index (κ1) is 23.8. The maximum Gasteiger partial charge on any atom is 0.0657 e. The highest BCUT2D eigenvalue weighted by atomic mass is 16.3. The molecule has 3 saturated carbocycles. The summed E-state index contributed by atoms with van der Waals surface area (Å²) in [7, 11) is 0. The highest BCUT2D eigenvalue weighted by molar-refractivity contribution is 5.27. The molecule has 0 amide bonds. The zero-order valence-electron chi connectivity index (χ0n) is 21.3. The topological polar surface area (TPSA) is 40.5 Å². The van der Waals surface area contributed by atoms with Crippen molar-refractivity contribution >= 4 is 0 Å². The summed E-state index contributed by atoms with van der Waals surface area (Å²) < 4.78 is 0. The van der Waals surface area contributed by atoms with Crippen LogP contribution < -0.4 is 0 Å². The van der Waals surface area contributed by atoms with Gasteiger partial charge in [-0.15, -0.1) is 0 Å². The molecule has 0 aromatic rings. The van der Waals surface area contributed by atoms with Crippen molar-refractivity contribution in [3.8, 4) is 0 Å². The van der Waals surface area contributed by atoms with Gasteiger partial charge in [0.25, 0.3) is 0 Å². The molecule has 0 spiro atoms. The van der Waals surface area contributed by atoms with Crippen LogP contribution in [0.1, 0.15) is 112 Å².